The van der Waals surface area contributed by atoms with Gasteiger partial charge in [-0.3, -0.25) is 4.79 Å². The maximum atomic E-state index is 13.0. The van der Waals surface area contributed by atoms with Crippen molar-refractivity contribution in [1.82, 2.24) is 4.98 Å². The van der Waals surface area contributed by atoms with Gasteiger partial charge in [-0.2, -0.15) is 0 Å². The number of halogens is 3. The first-order chi connectivity index (χ1) is 8.97. The van der Waals surface area contributed by atoms with Crippen LogP contribution in [0.3, 0.4) is 0 Å². The van der Waals surface area contributed by atoms with Crippen LogP contribution in [0.5, 0.6) is 0 Å². The van der Waals surface area contributed by atoms with Crippen molar-refractivity contribution in [3.63, 3.8) is 0 Å². The van der Waals surface area contributed by atoms with Gasteiger partial charge in [0.15, 0.2) is 0 Å². The van der Waals surface area contributed by atoms with Gasteiger partial charge >= 0.3 is 0 Å². The Morgan fingerprint density at radius 3 is 2.68 bits per heavy atom. The highest BCUT2D eigenvalue weighted by atomic mass is 79.9. The van der Waals surface area contributed by atoms with Crippen molar-refractivity contribution in [2.75, 3.05) is 5.32 Å². The first kappa shape index (κ1) is 14.1. The van der Waals surface area contributed by atoms with Gasteiger partial charge in [-0.1, -0.05) is 0 Å². The average molecular weight is 388 g/mol. The van der Waals surface area contributed by atoms with Gasteiger partial charge in [0, 0.05) is 15.1 Å². The van der Waals surface area contributed by atoms with Crippen molar-refractivity contribution in [2.24, 2.45) is 0 Å². The Bertz CT molecular complexity index is 647. The van der Waals surface area contributed by atoms with E-state index < -0.39 is 5.82 Å². The molecule has 0 radical (unpaired) electrons. The van der Waals surface area contributed by atoms with Crippen LogP contribution in [0, 0.1) is 12.7 Å². The Balaban J connectivity index is 2.25. The lowest BCUT2D eigenvalue weighted by Crippen LogP contribution is -2.14. The standard InChI is InChI=1S/C13H9Br2FN2O/c1-7-4-8(14)6-17-12(7)18-13(19)10-3-2-9(16)5-11(10)15/h2-6H,1H3,(H,17,18,19). The maximum Gasteiger partial charge on any atom is 0.257 e. The molecule has 0 saturated heterocycles. The number of carbonyl (C=O) groups excluding carboxylic acids is 1. The van der Waals surface area contributed by atoms with Gasteiger partial charge in [0.1, 0.15) is 11.6 Å². The minimum atomic E-state index is -0.402. The predicted molar refractivity (Wildman–Crippen MR) is 78.7 cm³/mol. The van der Waals surface area contributed by atoms with E-state index in [1.807, 2.05) is 13.0 Å². The molecule has 0 fully saturated rings. The molecule has 0 aliphatic carbocycles. The second kappa shape index (κ2) is 5.79. The fourth-order valence-electron chi connectivity index (χ4n) is 1.52. The topological polar surface area (TPSA) is 42.0 Å². The lowest BCUT2D eigenvalue weighted by molar-refractivity contribution is 0.102. The second-order valence-corrected chi connectivity index (χ2v) is 5.67. The molecule has 1 aromatic heterocycles. The maximum absolute atomic E-state index is 13.0. The number of hydrogen-bond acceptors (Lipinski definition) is 2. The Hall–Kier alpha value is -1.27. The molecule has 3 nitrogen and oxygen atoms in total. The third-order valence-electron chi connectivity index (χ3n) is 2.45. The van der Waals surface area contributed by atoms with Gasteiger partial charge in [0.2, 0.25) is 0 Å². The molecule has 6 heteroatoms. The van der Waals surface area contributed by atoms with Crippen molar-refractivity contribution < 1.29 is 9.18 Å². The highest BCUT2D eigenvalue weighted by Crippen LogP contribution is 2.21. The number of hydrogen-bond donors (Lipinski definition) is 1. The van der Waals surface area contributed by atoms with Crippen LogP contribution in [0.1, 0.15) is 15.9 Å². The number of aryl methyl sites for hydroxylation is 1. The molecule has 1 N–H and O–H groups in total. The number of pyridine rings is 1. The molecule has 1 aromatic carbocycles. The first-order valence-electron chi connectivity index (χ1n) is 5.36. The zero-order valence-corrected chi connectivity index (χ0v) is 13.0. The lowest BCUT2D eigenvalue weighted by atomic mass is 10.2. The number of rotatable bonds is 2. The summed E-state index contributed by atoms with van der Waals surface area (Å²) in [4.78, 5) is 16.2. The van der Waals surface area contributed by atoms with Crippen molar-refractivity contribution in [2.45, 2.75) is 6.92 Å². The van der Waals surface area contributed by atoms with Crippen molar-refractivity contribution in [3.05, 3.63) is 56.4 Å². The number of carbonyl (C=O) groups is 1. The summed E-state index contributed by atoms with van der Waals surface area (Å²) in [5.41, 5.74) is 1.19. The van der Waals surface area contributed by atoms with Crippen LogP contribution in [-0.2, 0) is 0 Å². The predicted octanol–water partition coefficient (Wildman–Crippen LogP) is 4.31. The normalized spacial score (nSPS) is 10.3. The summed E-state index contributed by atoms with van der Waals surface area (Å²) in [5.74, 6) is -0.268. The summed E-state index contributed by atoms with van der Waals surface area (Å²) in [6.07, 6.45) is 1.60. The summed E-state index contributed by atoms with van der Waals surface area (Å²) >= 11 is 6.47. The molecule has 1 heterocycles. The molecule has 98 valence electrons. The molecule has 0 unspecified atom stereocenters. The summed E-state index contributed by atoms with van der Waals surface area (Å²) in [6, 6.07) is 5.75. The molecule has 0 aliphatic heterocycles. The summed E-state index contributed by atoms with van der Waals surface area (Å²) in [7, 11) is 0. The fraction of sp³-hybridized carbons (Fsp3) is 0.0769. The SMILES string of the molecule is Cc1cc(Br)cnc1NC(=O)c1ccc(F)cc1Br. The Morgan fingerprint density at radius 2 is 2.05 bits per heavy atom. The first-order valence-corrected chi connectivity index (χ1v) is 6.94. The zero-order chi connectivity index (χ0) is 14.0. The summed E-state index contributed by atoms with van der Waals surface area (Å²) in [6.45, 7) is 1.84. The third-order valence-corrected chi connectivity index (χ3v) is 3.54. The quantitative estimate of drug-likeness (QED) is 0.834. The van der Waals surface area contributed by atoms with E-state index in [-0.39, 0.29) is 5.91 Å². The minimum Gasteiger partial charge on any atom is -0.306 e. The van der Waals surface area contributed by atoms with Gasteiger partial charge in [-0.25, -0.2) is 9.37 Å². The number of nitrogens with one attached hydrogen (secondary N) is 1. The van der Waals surface area contributed by atoms with Crippen molar-refractivity contribution in [1.29, 1.82) is 0 Å². The lowest BCUT2D eigenvalue weighted by Gasteiger charge is -2.08. The summed E-state index contributed by atoms with van der Waals surface area (Å²) in [5, 5.41) is 2.69. The van der Waals surface area contributed by atoms with Gasteiger partial charge < -0.3 is 5.32 Å². The van der Waals surface area contributed by atoms with Crippen LogP contribution in [0.15, 0.2) is 39.4 Å². The van der Waals surface area contributed by atoms with Crippen LogP contribution in [0.2, 0.25) is 0 Å². The Kier molecular flexibility index (Phi) is 4.31. The van der Waals surface area contributed by atoms with Crippen LogP contribution in [0.4, 0.5) is 10.2 Å². The van der Waals surface area contributed by atoms with E-state index in [4.69, 9.17) is 0 Å². The van der Waals surface area contributed by atoms with Gasteiger partial charge in [-0.05, 0) is 68.6 Å². The number of amides is 1. The monoisotopic (exact) mass is 386 g/mol. The molecule has 0 saturated carbocycles. The minimum absolute atomic E-state index is 0.343. The molecule has 0 spiro atoms. The molecule has 1 amide bonds. The van der Waals surface area contributed by atoms with Gasteiger partial charge in [0.25, 0.3) is 5.91 Å². The molecule has 0 aliphatic rings. The number of benzene rings is 1. The van der Waals surface area contributed by atoms with Gasteiger partial charge in [-0.15, -0.1) is 0 Å². The summed E-state index contributed by atoms with van der Waals surface area (Å²) < 4.78 is 14.2. The molecule has 19 heavy (non-hydrogen) atoms. The number of anilines is 1. The Labute approximate surface area is 126 Å². The van der Waals surface area contributed by atoms with Crippen molar-refractivity contribution in [3.8, 4) is 0 Å². The zero-order valence-electron chi connectivity index (χ0n) is 9.88. The Morgan fingerprint density at radius 1 is 1.32 bits per heavy atom. The van der Waals surface area contributed by atoms with Crippen LogP contribution in [0.25, 0.3) is 0 Å². The van der Waals surface area contributed by atoms with E-state index in [0.29, 0.717) is 15.9 Å². The van der Waals surface area contributed by atoms with E-state index in [1.54, 1.807) is 6.20 Å². The molecule has 0 bridgehead atoms. The van der Waals surface area contributed by atoms with Gasteiger partial charge in [0.05, 0.1) is 5.56 Å². The second-order valence-electron chi connectivity index (χ2n) is 3.90. The van der Waals surface area contributed by atoms with Crippen LogP contribution < -0.4 is 5.32 Å². The van der Waals surface area contributed by atoms with E-state index >= 15 is 0 Å². The fourth-order valence-corrected chi connectivity index (χ4v) is 2.50. The third kappa shape index (κ3) is 3.39. The van der Waals surface area contributed by atoms with E-state index in [0.717, 1.165) is 10.0 Å². The number of aromatic nitrogens is 1. The smallest absolute Gasteiger partial charge is 0.257 e. The van der Waals surface area contributed by atoms with E-state index in [9.17, 15) is 9.18 Å². The van der Waals surface area contributed by atoms with Crippen LogP contribution in [-0.4, -0.2) is 10.9 Å². The average Bonchev–Trinajstić information content (AvgIpc) is 2.32. The highest BCUT2D eigenvalue weighted by molar-refractivity contribution is 9.10. The molecule has 2 rings (SSSR count). The molecular weight excluding hydrogens is 379 g/mol. The van der Waals surface area contributed by atoms with E-state index in [1.165, 1.54) is 18.2 Å². The number of nitrogens with zero attached hydrogens (tertiary/aromatic N) is 1. The molecular formula is C13H9Br2FN2O. The largest absolute Gasteiger partial charge is 0.306 e. The van der Waals surface area contributed by atoms with E-state index in [2.05, 4.69) is 42.2 Å². The molecule has 2 aromatic rings. The highest BCUT2D eigenvalue weighted by Gasteiger charge is 2.12. The van der Waals surface area contributed by atoms with Crippen molar-refractivity contribution >= 4 is 43.6 Å². The molecule has 0 atom stereocenters. The van der Waals surface area contributed by atoms with Crippen LogP contribution >= 0.6 is 31.9 Å².